The van der Waals surface area contributed by atoms with E-state index in [0.717, 1.165) is 31.5 Å². The molecule has 20 heavy (non-hydrogen) atoms. The van der Waals surface area contributed by atoms with Crippen LogP contribution in [0.4, 0.5) is 4.39 Å². The number of nitrogens with one attached hydrogen (secondary N) is 1. The summed E-state index contributed by atoms with van der Waals surface area (Å²) in [5.74, 6) is -0.794. The Morgan fingerprint density at radius 3 is 2.70 bits per heavy atom. The van der Waals surface area contributed by atoms with E-state index >= 15 is 0 Å². The van der Waals surface area contributed by atoms with E-state index in [0.29, 0.717) is 11.6 Å². The molecule has 1 saturated heterocycles. The Balaban J connectivity index is 2.10. The second kappa shape index (κ2) is 7.25. The van der Waals surface area contributed by atoms with Gasteiger partial charge in [0.15, 0.2) is 0 Å². The molecule has 0 saturated carbocycles. The maximum atomic E-state index is 12.7. The van der Waals surface area contributed by atoms with Crippen molar-refractivity contribution < 1.29 is 9.18 Å². The van der Waals surface area contributed by atoms with Crippen LogP contribution in [0.1, 0.15) is 24.4 Å². The summed E-state index contributed by atoms with van der Waals surface area (Å²) >= 11 is 11.2. The quantitative estimate of drug-likeness (QED) is 0.846. The van der Waals surface area contributed by atoms with Gasteiger partial charge < -0.3 is 5.32 Å². The molecular formula is C14H17Cl2FN2O. The van der Waals surface area contributed by atoms with Crippen LogP contribution in [0.3, 0.4) is 0 Å². The Labute approximate surface area is 128 Å². The predicted molar refractivity (Wildman–Crippen MR) is 78.8 cm³/mol. The molecule has 1 N–H and O–H groups in total. The molecule has 2 unspecified atom stereocenters. The Morgan fingerprint density at radius 1 is 1.40 bits per heavy atom. The first-order valence-corrected chi connectivity index (χ1v) is 7.45. The Kier molecular flexibility index (Phi) is 5.64. The highest BCUT2D eigenvalue weighted by atomic mass is 35.5. The van der Waals surface area contributed by atoms with Crippen LogP contribution in [-0.4, -0.2) is 36.1 Å². The molecule has 2 atom stereocenters. The van der Waals surface area contributed by atoms with Crippen molar-refractivity contribution >= 4 is 29.1 Å². The highest BCUT2D eigenvalue weighted by Crippen LogP contribution is 2.26. The molecule has 3 nitrogen and oxygen atoms in total. The van der Waals surface area contributed by atoms with Crippen molar-refractivity contribution in [3.63, 3.8) is 0 Å². The maximum absolute atomic E-state index is 12.7. The highest BCUT2D eigenvalue weighted by molar-refractivity contribution is 6.30. The van der Waals surface area contributed by atoms with Crippen molar-refractivity contribution in [2.45, 2.75) is 24.5 Å². The van der Waals surface area contributed by atoms with Gasteiger partial charge in [-0.15, -0.1) is 0 Å². The van der Waals surface area contributed by atoms with Crippen LogP contribution < -0.4 is 5.32 Å². The fourth-order valence-electron chi connectivity index (χ4n) is 2.50. The first-order chi connectivity index (χ1) is 9.58. The van der Waals surface area contributed by atoms with Crippen molar-refractivity contribution in [1.82, 2.24) is 10.2 Å². The number of hydrogen-bond acceptors (Lipinski definition) is 2. The number of hydrogen-bond donors (Lipinski definition) is 1. The van der Waals surface area contributed by atoms with Gasteiger partial charge in [0.2, 0.25) is 0 Å². The summed E-state index contributed by atoms with van der Waals surface area (Å²) < 4.78 is 12.7. The third-order valence-electron chi connectivity index (χ3n) is 3.48. The average molecular weight is 319 g/mol. The first kappa shape index (κ1) is 15.5. The summed E-state index contributed by atoms with van der Waals surface area (Å²) in [6.45, 7) is 2.26. The zero-order valence-electron chi connectivity index (χ0n) is 11.0. The number of benzene rings is 1. The first-order valence-electron chi connectivity index (χ1n) is 6.63. The zero-order valence-corrected chi connectivity index (χ0v) is 12.5. The highest BCUT2D eigenvalue weighted by Gasteiger charge is 2.25. The third kappa shape index (κ3) is 4.08. The van der Waals surface area contributed by atoms with Gasteiger partial charge in [-0.3, -0.25) is 9.69 Å². The third-order valence-corrected chi connectivity index (χ3v) is 3.92. The van der Waals surface area contributed by atoms with Gasteiger partial charge in [0.25, 0.3) is 11.5 Å². The lowest BCUT2D eigenvalue weighted by atomic mass is 10.1. The van der Waals surface area contributed by atoms with E-state index in [1.165, 1.54) is 0 Å². The van der Waals surface area contributed by atoms with E-state index in [4.69, 9.17) is 23.2 Å². The molecule has 0 aromatic heterocycles. The molecule has 1 aliphatic rings. The molecule has 2 rings (SSSR count). The van der Waals surface area contributed by atoms with Crippen molar-refractivity contribution in [3.05, 3.63) is 34.9 Å². The van der Waals surface area contributed by atoms with Crippen molar-refractivity contribution in [2.75, 3.05) is 19.6 Å². The molecule has 1 heterocycles. The maximum Gasteiger partial charge on any atom is 0.270 e. The number of carbonyl (C=O) groups is 1. The summed E-state index contributed by atoms with van der Waals surface area (Å²) in [5.41, 5.74) is -0.988. The standard InChI is InChI=1S/C14H17Cl2FN2O/c15-11-5-3-4-10(8-11)12(19-6-1-2-7-19)9-18-14(20)13(16)17/h3-5,8,12-13H,1-2,6-7,9H2,(H,18,20). The molecule has 1 aromatic carbocycles. The van der Waals surface area contributed by atoms with Gasteiger partial charge in [-0.2, -0.15) is 0 Å². The van der Waals surface area contributed by atoms with Gasteiger partial charge in [0.1, 0.15) is 0 Å². The Morgan fingerprint density at radius 2 is 2.10 bits per heavy atom. The molecule has 0 aliphatic carbocycles. The molecule has 1 amide bonds. The minimum Gasteiger partial charge on any atom is -0.351 e. The van der Waals surface area contributed by atoms with E-state index in [-0.39, 0.29) is 6.04 Å². The van der Waals surface area contributed by atoms with Gasteiger partial charge in [0, 0.05) is 11.6 Å². The zero-order chi connectivity index (χ0) is 14.5. The number of rotatable bonds is 5. The fraction of sp³-hybridized carbons (Fsp3) is 0.500. The van der Waals surface area contributed by atoms with Crippen LogP contribution in [0.15, 0.2) is 24.3 Å². The summed E-state index contributed by atoms with van der Waals surface area (Å²) in [5, 5.41) is 3.20. The normalized spacial score (nSPS) is 18.8. The van der Waals surface area contributed by atoms with E-state index in [1.54, 1.807) is 6.07 Å². The summed E-state index contributed by atoms with van der Waals surface area (Å²) in [7, 11) is 0. The van der Waals surface area contributed by atoms with Crippen molar-refractivity contribution in [1.29, 1.82) is 0 Å². The van der Waals surface area contributed by atoms with E-state index in [9.17, 15) is 9.18 Å². The molecule has 0 radical (unpaired) electrons. The van der Waals surface area contributed by atoms with Gasteiger partial charge in [-0.05, 0) is 43.6 Å². The molecule has 1 aliphatic heterocycles. The SMILES string of the molecule is O=C(NCC(c1cccc(Cl)c1)N1CCCC1)C(F)Cl. The number of amides is 1. The lowest BCUT2D eigenvalue weighted by Crippen LogP contribution is -2.38. The van der Waals surface area contributed by atoms with E-state index in [2.05, 4.69) is 10.2 Å². The molecule has 1 fully saturated rings. The average Bonchev–Trinajstić information content (AvgIpc) is 2.92. The summed E-state index contributed by atoms with van der Waals surface area (Å²) in [4.78, 5) is 13.6. The largest absolute Gasteiger partial charge is 0.351 e. The molecular weight excluding hydrogens is 302 g/mol. The minimum atomic E-state index is -2.01. The van der Waals surface area contributed by atoms with E-state index < -0.39 is 11.5 Å². The molecule has 1 aromatic rings. The fourth-order valence-corrected chi connectivity index (χ4v) is 2.78. The van der Waals surface area contributed by atoms with Crippen LogP contribution in [0.25, 0.3) is 0 Å². The Bertz CT molecular complexity index is 464. The van der Waals surface area contributed by atoms with Crippen LogP contribution >= 0.6 is 23.2 Å². The second-order valence-corrected chi connectivity index (χ2v) is 5.68. The van der Waals surface area contributed by atoms with Gasteiger partial charge in [-0.1, -0.05) is 35.3 Å². The van der Waals surface area contributed by atoms with Crippen molar-refractivity contribution in [3.8, 4) is 0 Å². The van der Waals surface area contributed by atoms with Crippen LogP contribution in [0.2, 0.25) is 5.02 Å². The summed E-state index contributed by atoms with van der Waals surface area (Å²) in [6.07, 6.45) is 2.26. The predicted octanol–water partition coefficient (Wildman–Crippen LogP) is 3.13. The molecule has 0 spiro atoms. The number of alkyl halides is 2. The lowest BCUT2D eigenvalue weighted by molar-refractivity contribution is -0.123. The number of likely N-dealkylation sites (tertiary alicyclic amines) is 1. The van der Waals surface area contributed by atoms with Crippen LogP contribution in [-0.2, 0) is 4.79 Å². The van der Waals surface area contributed by atoms with Gasteiger partial charge in [0.05, 0.1) is 6.04 Å². The minimum absolute atomic E-state index is 0.00410. The smallest absolute Gasteiger partial charge is 0.270 e. The van der Waals surface area contributed by atoms with Crippen molar-refractivity contribution in [2.24, 2.45) is 0 Å². The lowest BCUT2D eigenvalue weighted by Gasteiger charge is -2.28. The second-order valence-electron chi connectivity index (χ2n) is 4.86. The molecule has 6 heteroatoms. The summed E-state index contributed by atoms with van der Waals surface area (Å²) in [6, 6.07) is 7.53. The topological polar surface area (TPSA) is 32.3 Å². The van der Waals surface area contributed by atoms with E-state index in [1.807, 2.05) is 18.2 Å². The molecule has 0 bridgehead atoms. The van der Waals surface area contributed by atoms with Gasteiger partial charge >= 0.3 is 0 Å². The number of carbonyl (C=O) groups excluding carboxylic acids is 1. The number of halogens is 3. The molecule has 110 valence electrons. The monoisotopic (exact) mass is 318 g/mol. The van der Waals surface area contributed by atoms with Crippen LogP contribution in [0, 0.1) is 0 Å². The van der Waals surface area contributed by atoms with Crippen LogP contribution in [0.5, 0.6) is 0 Å². The number of nitrogens with zero attached hydrogens (tertiary/aromatic N) is 1. The Hall–Kier alpha value is -0.840. The van der Waals surface area contributed by atoms with Gasteiger partial charge in [-0.25, -0.2) is 4.39 Å².